The highest BCUT2D eigenvalue weighted by Crippen LogP contribution is 2.31. The summed E-state index contributed by atoms with van der Waals surface area (Å²) in [5.41, 5.74) is 4.47. The SMILES string of the molecule is [C-]#[N+]c1ccc(-n2c(C)c(C(=O)CN3CCC(O)CC3)c3ncc(Br)cc32)cc1. The number of rotatable bonds is 4. The van der Waals surface area contributed by atoms with Gasteiger partial charge in [-0.3, -0.25) is 14.7 Å². The monoisotopic (exact) mass is 452 g/mol. The highest BCUT2D eigenvalue weighted by Gasteiger charge is 2.25. The van der Waals surface area contributed by atoms with Crippen molar-refractivity contribution in [2.24, 2.45) is 0 Å². The Bertz CT molecular complexity index is 1110. The zero-order chi connectivity index (χ0) is 20.5. The normalized spacial score (nSPS) is 15.5. The predicted octanol–water partition coefficient (Wildman–Crippen LogP) is 4.29. The van der Waals surface area contributed by atoms with Gasteiger partial charge in [0.25, 0.3) is 0 Å². The number of hydrogen-bond acceptors (Lipinski definition) is 4. The molecule has 6 nitrogen and oxygen atoms in total. The van der Waals surface area contributed by atoms with Gasteiger partial charge in [0.2, 0.25) is 0 Å². The van der Waals surface area contributed by atoms with Crippen molar-refractivity contribution in [3.05, 3.63) is 63.7 Å². The maximum absolute atomic E-state index is 13.3. The van der Waals surface area contributed by atoms with E-state index in [1.54, 1.807) is 18.3 Å². The molecule has 1 aliphatic heterocycles. The number of Topliss-reactive ketones (excluding diaryl/α,β-unsaturated/α-hetero) is 1. The summed E-state index contributed by atoms with van der Waals surface area (Å²) in [6.07, 6.45) is 2.85. The van der Waals surface area contributed by atoms with Crippen molar-refractivity contribution in [3.63, 3.8) is 0 Å². The minimum absolute atomic E-state index is 0.0373. The molecule has 29 heavy (non-hydrogen) atoms. The van der Waals surface area contributed by atoms with E-state index >= 15 is 0 Å². The maximum atomic E-state index is 13.3. The molecule has 0 unspecified atom stereocenters. The largest absolute Gasteiger partial charge is 0.393 e. The molecular weight excluding hydrogens is 432 g/mol. The van der Waals surface area contributed by atoms with Crippen LogP contribution in [0.2, 0.25) is 0 Å². The van der Waals surface area contributed by atoms with Crippen molar-refractivity contribution in [2.45, 2.75) is 25.9 Å². The number of nitrogens with zero attached hydrogens (tertiary/aromatic N) is 4. The number of benzene rings is 1. The third-order valence-electron chi connectivity index (χ3n) is 5.45. The number of hydrogen-bond donors (Lipinski definition) is 1. The van der Waals surface area contributed by atoms with E-state index in [0.717, 1.165) is 34.5 Å². The van der Waals surface area contributed by atoms with Crippen LogP contribution in [0.3, 0.4) is 0 Å². The molecule has 1 aromatic carbocycles. The fraction of sp³-hybridized carbons (Fsp3) is 0.318. The van der Waals surface area contributed by atoms with Crippen LogP contribution in [-0.2, 0) is 0 Å². The summed E-state index contributed by atoms with van der Waals surface area (Å²) in [6, 6.07) is 9.30. The summed E-state index contributed by atoms with van der Waals surface area (Å²) in [5, 5.41) is 9.71. The second-order valence-corrected chi connectivity index (χ2v) is 8.29. The molecule has 1 aliphatic rings. The highest BCUT2D eigenvalue weighted by atomic mass is 79.9. The first-order valence-electron chi connectivity index (χ1n) is 9.56. The average Bonchev–Trinajstić information content (AvgIpc) is 3.01. The molecule has 3 heterocycles. The van der Waals surface area contributed by atoms with E-state index in [-0.39, 0.29) is 11.9 Å². The number of likely N-dealkylation sites (tertiary alicyclic amines) is 1. The molecule has 1 fully saturated rings. The van der Waals surface area contributed by atoms with Crippen LogP contribution in [-0.4, -0.2) is 51.1 Å². The molecule has 0 atom stereocenters. The lowest BCUT2D eigenvalue weighted by Gasteiger charge is -2.28. The van der Waals surface area contributed by atoms with Crippen molar-refractivity contribution >= 4 is 38.4 Å². The summed E-state index contributed by atoms with van der Waals surface area (Å²) in [5.74, 6) is 0.0373. The van der Waals surface area contributed by atoms with Gasteiger partial charge in [0.05, 0.1) is 35.8 Å². The van der Waals surface area contributed by atoms with Crippen molar-refractivity contribution in [2.75, 3.05) is 19.6 Å². The Labute approximate surface area is 177 Å². The molecule has 0 spiro atoms. The lowest BCUT2D eigenvalue weighted by molar-refractivity contribution is 0.0711. The maximum Gasteiger partial charge on any atom is 0.187 e. The van der Waals surface area contributed by atoms with Gasteiger partial charge >= 0.3 is 0 Å². The van der Waals surface area contributed by atoms with Crippen molar-refractivity contribution in [1.82, 2.24) is 14.5 Å². The molecule has 0 amide bonds. The number of aromatic nitrogens is 2. The third kappa shape index (κ3) is 3.84. The first-order valence-corrected chi connectivity index (χ1v) is 10.4. The number of piperidine rings is 1. The lowest BCUT2D eigenvalue weighted by atomic mass is 10.1. The second-order valence-electron chi connectivity index (χ2n) is 7.38. The van der Waals surface area contributed by atoms with Crippen LogP contribution >= 0.6 is 15.9 Å². The van der Waals surface area contributed by atoms with Gasteiger partial charge in [-0.15, -0.1) is 0 Å². The highest BCUT2D eigenvalue weighted by molar-refractivity contribution is 9.10. The van der Waals surface area contributed by atoms with E-state index in [1.165, 1.54) is 0 Å². The fourth-order valence-corrected chi connectivity index (χ4v) is 4.28. The van der Waals surface area contributed by atoms with E-state index in [2.05, 4.69) is 30.7 Å². The molecule has 148 valence electrons. The number of ketones is 1. The van der Waals surface area contributed by atoms with Crippen LogP contribution in [0, 0.1) is 13.5 Å². The Morgan fingerprint density at radius 2 is 2.00 bits per heavy atom. The van der Waals surface area contributed by atoms with Crippen molar-refractivity contribution in [1.29, 1.82) is 0 Å². The van der Waals surface area contributed by atoms with Gasteiger partial charge in [-0.25, -0.2) is 4.85 Å². The smallest absolute Gasteiger partial charge is 0.187 e. The number of carbonyl (C=O) groups excluding carboxylic acids is 1. The average molecular weight is 453 g/mol. The van der Waals surface area contributed by atoms with Gasteiger partial charge in [-0.1, -0.05) is 12.1 Å². The first kappa shape index (κ1) is 19.8. The minimum atomic E-state index is -0.262. The second kappa shape index (κ2) is 8.07. The quantitative estimate of drug-likeness (QED) is 0.473. The molecule has 4 rings (SSSR count). The van der Waals surface area contributed by atoms with E-state index in [9.17, 15) is 9.90 Å². The topological polar surface area (TPSA) is 62.7 Å². The molecular formula is C22H21BrN4O2. The standard InChI is InChI=1S/C22H21BrN4O2/c1-14-21(20(29)13-26-9-7-18(28)8-10-26)22-19(11-15(23)12-25-22)27(14)17-5-3-16(24-2)4-6-17/h3-6,11-12,18,28H,7-10,13H2,1H3. The van der Waals surface area contributed by atoms with Crippen molar-refractivity contribution in [3.8, 4) is 5.69 Å². The summed E-state index contributed by atoms with van der Waals surface area (Å²) < 4.78 is 2.86. The van der Waals surface area contributed by atoms with Crippen LogP contribution in [0.4, 0.5) is 5.69 Å². The van der Waals surface area contributed by atoms with Gasteiger partial charge in [0.15, 0.2) is 11.5 Å². The Morgan fingerprint density at radius 1 is 1.31 bits per heavy atom. The molecule has 0 radical (unpaired) electrons. The number of fused-ring (bicyclic) bond motifs is 1. The van der Waals surface area contributed by atoms with Crippen molar-refractivity contribution < 1.29 is 9.90 Å². The zero-order valence-corrected chi connectivity index (χ0v) is 17.7. The summed E-state index contributed by atoms with van der Waals surface area (Å²) >= 11 is 3.49. The molecule has 3 aromatic rings. The van der Waals surface area contributed by atoms with Crippen LogP contribution in [0.25, 0.3) is 21.6 Å². The van der Waals surface area contributed by atoms with E-state index in [1.807, 2.05) is 29.7 Å². The predicted molar refractivity (Wildman–Crippen MR) is 116 cm³/mol. The summed E-state index contributed by atoms with van der Waals surface area (Å²) in [6.45, 7) is 10.9. The van der Waals surface area contributed by atoms with Crippen LogP contribution in [0.1, 0.15) is 28.9 Å². The Morgan fingerprint density at radius 3 is 2.66 bits per heavy atom. The molecule has 0 aliphatic carbocycles. The Kier molecular flexibility index (Phi) is 5.50. The van der Waals surface area contributed by atoms with Gasteiger partial charge < -0.3 is 9.67 Å². The van der Waals surface area contributed by atoms with E-state index < -0.39 is 0 Å². The summed E-state index contributed by atoms with van der Waals surface area (Å²) in [7, 11) is 0. The first-order chi connectivity index (χ1) is 14.0. The number of halogens is 1. The van der Waals surface area contributed by atoms with E-state index in [4.69, 9.17) is 6.57 Å². The Hall–Kier alpha value is -2.53. The summed E-state index contributed by atoms with van der Waals surface area (Å²) in [4.78, 5) is 23.4. The zero-order valence-electron chi connectivity index (χ0n) is 16.1. The Balaban J connectivity index is 1.77. The van der Waals surface area contributed by atoms with Crippen LogP contribution in [0.5, 0.6) is 0 Å². The van der Waals surface area contributed by atoms with Gasteiger partial charge in [-0.05, 0) is 53.9 Å². The lowest BCUT2D eigenvalue weighted by Crippen LogP contribution is -2.39. The number of carbonyl (C=O) groups is 1. The molecule has 2 aromatic heterocycles. The number of aliphatic hydroxyl groups is 1. The molecule has 0 bridgehead atoms. The van der Waals surface area contributed by atoms with Crippen LogP contribution in [0.15, 0.2) is 41.0 Å². The molecule has 1 saturated heterocycles. The minimum Gasteiger partial charge on any atom is -0.393 e. The van der Waals surface area contributed by atoms with Gasteiger partial charge in [0, 0.05) is 35.1 Å². The van der Waals surface area contributed by atoms with E-state index in [0.29, 0.717) is 36.2 Å². The number of aliphatic hydroxyl groups excluding tert-OH is 1. The van der Waals surface area contributed by atoms with Gasteiger partial charge in [0.1, 0.15) is 0 Å². The fourth-order valence-electron chi connectivity index (χ4n) is 3.96. The number of pyridine rings is 1. The molecule has 1 N–H and O–H groups in total. The van der Waals surface area contributed by atoms with Gasteiger partial charge in [-0.2, -0.15) is 0 Å². The van der Waals surface area contributed by atoms with Crippen LogP contribution < -0.4 is 0 Å². The third-order valence-corrected chi connectivity index (χ3v) is 5.88. The molecule has 7 heteroatoms. The molecule has 0 saturated carbocycles.